The maximum Gasteiger partial charge on any atom is 0.252 e. The Kier molecular flexibility index (Phi) is 3.27. The van der Waals surface area contributed by atoms with Crippen molar-refractivity contribution in [3.63, 3.8) is 0 Å². The summed E-state index contributed by atoms with van der Waals surface area (Å²) in [7, 11) is 0. The maximum atomic E-state index is 11.4. The molecule has 0 spiro atoms. The summed E-state index contributed by atoms with van der Waals surface area (Å²) in [4.78, 5) is 18.5. The smallest absolute Gasteiger partial charge is 0.252 e. The van der Waals surface area contributed by atoms with E-state index in [1.807, 2.05) is 26.0 Å². The number of anilines is 1. The van der Waals surface area contributed by atoms with Crippen LogP contribution >= 0.6 is 0 Å². The molecule has 0 radical (unpaired) electrons. The van der Waals surface area contributed by atoms with Crippen molar-refractivity contribution >= 4 is 5.82 Å². The van der Waals surface area contributed by atoms with E-state index in [1.165, 1.54) is 6.07 Å². The van der Waals surface area contributed by atoms with Crippen LogP contribution in [-0.4, -0.2) is 9.97 Å². The molecule has 2 aromatic rings. The van der Waals surface area contributed by atoms with Gasteiger partial charge in [-0.1, -0.05) is 13.8 Å². The quantitative estimate of drug-likeness (QED) is 0.848. The monoisotopic (exact) mass is 233 g/mol. The first-order valence-electron chi connectivity index (χ1n) is 5.52. The molecular weight excluding hydrogens is 218 g/mol. The number of furan rings is 1. The highest BCUT2D eigenvalue weighted by Crippen LogP contribution is 2.10. The topological polar surface area (TPSA) is 70.9 Å². The van der Waals surface area contributed by atoms with Gasteiger partial charge in [-0.2, -0.15) is 0 Å². The number of H-pyrrole nitrogens is 1. The lowest BCUT2D eigenvalue weighted by Gasteiger charge is -2.07. The first-order valence-corrected chi connectivity index (χ1v) is 5.52. The summed E-state index contributed by atoms with van der Waals surface area (Å²) in [6.45, 7) is 4.48. The fourth-order valence-electron chi connectivity index (χ4n) is 1.43. The van der Waals surface area contributed by atoms with Crippen LogP contribution in [0.25, 0.3) is 0 Å². The van der Waals surface area contributed by atoms with Crippen molar-refractivity contribution < 1.29 is 4.42 Å². The van der Waals surface area contributed by atoms with E-state index in [-0.39, 0.29) is 11.5 Å². The molecule has 2 aromatic heterocycles. The fourth-order valence-corrected chi connectivity index (χ4v) is 1.43. The first kappa shape index (κ1) is 11.4. The van der Waals surface area contributed by atoms with Crippen LogP contribution < -0.4 is 10.9 Å². The lowest BCUT2D eigenvalue weighted by atomic mass is 10.2. The molecule has 0 aliphatic heterocycles. The van der Waals surface area contributed by atoms with Crippen molar-refractivity contribution in [3.05, 3.63) is 46.4 Å². The minimum atomic E-state index is -0.148. The number of nitrogens with one attached hydrogen (secondary N) is 2. The summed E-state index contributed by atoms with van der Waals surface area (Å²) >= 11 is 0. The molecule has 0 atom stereocenters. The zero-order valence-corrected chi connectivity index (χ0v) is 9.86. The Labute approximate surface area is 98.9 Å². The van der Waals surface area contributed by atoms with Gasteiger partial charge in [-0.05, 0) is 12.1 Å². The molecule has 0 fully saturated rings. The molecule has 5 heteroatoms. The van der Waals surface area contributed by atoms with Gasteiger partial charge >= 0.3 is 0 Å². The van der Waals surface area contributed by atoms with Crippen molar-refractivity contribution in [1.29, 1.82) is 0 Å². The Morgan fingerprint density at radius 3 is 3.00 bits per heavy atom. The van der Waals surface area contributed by atoms with Crippen LogP contribution in [0.15, 0.2) is 33.7 Å². The third kappa shape index (κ3) is 2.96. The molecule has 17 heavy (non-hydrogen) atoms. The van der Waals surface area contributed by atoms with E-state index >= 15 is 0 Å². The fraction of sp³-hybridized carbons (Fsp3) is 0.333. The van der Waals surface area contributed by atoms with E-state index in [1.54, 1.807) is 6.26 Å². The molecule has 0 saturated heterocycles. The zero-order valence-electron chi connectivity index (χ0n) is 9.86. The summed E-state index contributed by atoms with van der Waals surface area (Å²) in [5.74, 6) is 2.24. The van der Waals surface area contributed by atoms with Crippen LogP contribution in [-0.2, 0) is 6.54 Å². The third-order valence-corrected chi connectivity index (χ3v) is 2.33. The second-order valence-corrected chi connectivity index (χ2v) is 4.10. The lowest BCUT2D eigenvalue weighted by Crippen LogP contribution is -2.14. The lowest BCUT2D eigenvalue weighted by molar-refractivity contribution is 0.517. The second-order valence-electron chi connectivity index (χ2n) is 4.10. The van der Waals surface area contributed by atoms with Crippen LogP contribution in [0.5, 0.6) is 0 Å². The average Bonchev–Trinajstić information content (AvgIpc) is 2.78. The maximum absolute atomic E-state index is 11.4. The van der Waals surface area contributed by atoms with Crippen molar-refractivity contribution in [2.75, 3.05) is 5.32 Å². The summed E-state index contributed by atoms with van der Waals surface area (Å²) in [5, 5.41) is 3.06. The van der Waals surface area contributed by atoms with Gasteiger partial charge in [0.1, 0.15) is 17.4 Å². The highest BCUT2D eigenvalue weighted by atomic mass is 16.3. The van der Waals surface area contributed by atoms with Gasteiger partial charge < -0.3 is 14.7 Å². The standard InChI is InChI=1S/C12H15N3O2/c1-8(2)12-14-10(6-11(16)15-12)13-7-9-4-3-5-17-9/h3-6,8H,7H2,1-2H3,(H2,13,14,15,16). The predicted octanol–water partition coefficient (Wildman–Crippen LogP) is 2.10. The molecule has 0 aliphatic carbocycles. The van der Waals surface area contributed by atoms with Crippen LogP contribution in [0, 0.1) is 0 Å². The van der Waals surface area contributed by atoms with Gasteiger partial charge in [0.2, 0.25) is 0 Å². The van der Waals surface area contributed by atoms with Crippen molar-refractivity contribution in [1.82, 2.24) is 9.97 Å². The molecule has 2 rings (SSSR count). The third-order valence-electron chi connectivity index (χ3n) is 2.33. The zero-order chi connectivity index (χ0) is 12.3. The van der Waals surface area contributed by atoms with Gasteiger partial charge in [0.15, 0.2) is 0 Å². The Morgan fingerprint density at radius 1 is 1.53 bits per heavy atom. The molecule has 0 aromatic carbocycles. The number of hydrogen-bond acceptors (Lipinski definition) is 4. The molecule has 0 amide bonds. The number of aromatic nitrogens is 2. The normalized spacial score (nSPS) is 10.8. The van der Waals surface area contributed by atoms with E-state index in [4.69, 9.17) is 4.42 Å². The summed E-state index contributed by atoms with van der Waals surface area (Å²) in [6, 6.07) is 5.13. The van der Waals surface area contributed by atoms with Gasteiger partial charge in [-0.25, -0.2) is 4.98 Å². The van der Waals surface area contributed by atoms with Gasteiger partial charge in [-0.15, -0.1) is 0 Å². The molecule has 90 valence electrons. The van der Waals surface area contributed by atoms with E-state index in [0.29, 0.717) is 18.2 Å². The molecule has 0 saturated carbocycles. The predicted molar refractivity (Wildman–Crippen MR) is 65.0 cm³/mol. The van der Waals surface area contributed by atoms with E-state index < -0.39 is 0 Å². The van der Waals surface area contributed by atoms with Gasteiger partial charge in [0, 0.05) is 12.0 Å². The van der Waals surface area contributed by atoms with E-state index in [0.717, 1.165) is 5.76 Å². The Balaban J connectivity index is 2.13. The Bertz CT molecular complexity index is 529. The second kappa shape index (κ2) is 4.86. The molecule has 2 N–H and O–H groups in total. The van der Waals surface area contributed by atoms with Crippen LogP contribution in [0.3, 0.4) is 0 Å². The minimum Gasteiger partial charge on any atom is -0.467 e. The van der Waals surface area contributed by atoms with Gasteiger partial charge in [0.25, 0.3) is 5.56 Å². The summed E-state index contributed by atoms with van der Waals surface area (Å²) < 4.78 is 5.19. The Morgan fingerprint density at radius 2 is 2.35 bits per heavy atom. The molecule has 0 unspecified atom stereocenters. The highest BCUT2D eigenvalue weighted by molar-refractivity contribution is 5.33. The van der Waals surface area contributed by atoms with Crippen LogP contribution in [0.2, 0.25) is 0 Å². The average molecular weight is 233 g/mol. The van der Waals surface area contributed by atoms with Crippen LogP contribution in [0.1, 0.15) is 31.4 Å². The molecule has 5 nitrogen and oxygen atoms in total. The summed E-state index contributed by atoms with van der Waals surface area (Å²) in [6.07, 6.45) is 1.61. The van der Waals surface area contributed by atoms with Gasteiger partial charge in [0.05, 0.1) is 12.8 Å². The van der Waals surface area contributed by atoms with Crippen molar-refractivity contribution in [2.45, 2.75) is 26.3 Å². The molecular formula is C12H15N3O2. The number of nitrogens with zero attached hydrogens (tertiary/aromatic N) is 1. The molecule has 2 heterocycles. The summed E-state index contributed by atoms with van der Waals surface area (Å²) in [5.41, 5.74) is -0.148. The minimum absolute atomic E-state index is 0.148. The van der Waals surface area contributed by atoms with E-state index in [2.05, 4.69) is 15.3 Å². The largest absolute Gasteiger partial charge is 0.467 e. The van der Waals surface area contributed by atoms with Gasteiger partial charge in [-0.3, -0.25) is 4.79 Å². The highest BCUT2D eigenvalue weighted by Gasteiger charge is 2.05. The van der Waals surface area contributed by atoms with E-state index in [9.17, 15) is 4.79 Å². The molecule has 0 aliphatic rings. The number of rotatable bonds is 4. The van der Waals surface area contributed by atoms with Crippen molar-refractivity contribution in [2.24, 2.45) is 0 Å². The molecule has 0 bridgehead atoms. The van der Waals surface area contributed by atoms with Crippen LogP contribution in [0.4, 0.5) is 5.82 Å². The Hall–Kier alpha value is -2.04. The number of hydrogen-bond donors (Lipinski definition) is 2. The van der Waals surface area contributed by atoms with Crippen molar-refractivity contribution in [3.8, 4) is 0 Å². The SMILES string of the molecule is CC(C)c1nc(NCc2ccco2)cc(=O)[nH]1. The number of aromatic amines is 1. The first-order chi connectivity index (χ1) is 8.15.